The second kappa shape index (κ2) is 8.53. The molecule has 1 aromatic heterocycles. The van der Waals surface area contributed by atoms with Crippen LogP contribution < -0.4 is 0 Å². The highest BCUT2D eigenvalue weighted by atomic mass is 16.5. The Morgan fingerprint density at radius 1 is 0.875 bits per heavy atom. The van der Waals surface area contributed by atoms with Gasteiger partial charge < -0.3 is 9.30 Å². The summed E-state index contributed by atoms with van der Waals surface area (Å²) in [5.74, 6) is 0.111. The van der Waals surface area contributed by atoms with E-state index < -0.39 is 0 Å². The van der Waals surface area contributed by atoms with Gasteiger partial charge >= 0.3 is 0 Å². The number of benzene rings is 3. The van der Waals surface area contributed by atoms with Crippen molar-refractivity contribution in [3.05, 3.63) is 82.5 Å². The molecular weight excluding hydrogens is 396 g/mol. The van der Waals surface area contributed by atoms with Crippen LogP contribution in [0.3, 0.4) is 0 Å². The standard InChI is InChI=1S/C28H30N2O2/c1-19-8-11-26-25(18-19)27(21(3)30(26)13-12-29-14-16-32-17-15-29)28(31)24-10-9-20(2)22-6-4-5-7-23(22)24/h4-11,18H,12-17H2,1-3H3. The Hall–Kier alpha value is -2.95. The monoisotopic (exact) mass is 426 g/mol. The fraction of sp³-hybridized carbons (Fsp3) is 0.321. The molecule has 1 aliphatic rings. The largest absolute Gasteiger partial charge is 0.379 e. The number of carbonyl (C=O) groups is 1. The van der Waals surface area contributed by atoms with Crippen LogP contribution in [0.15, 0.2) is 54.6 Å². The number of morpholine rings is 1. The number of ketones is 1. The maximum atomic E-state index is 14.0. The van der Waals surface area contributed by atoms with Gasteiger partial charge in [-0.2, -0.15) is 0 Å². The van der Waals surface area contributed by atoms with Crippen molar-refractivity contribution in [2.24, 2.45) is 0 Å². The minimum atomic E-state index is 0.111. The van der Waals surface area contributed by atoms with E-state index >= 15 is 0 Å². The van der Waals surface area contributed by atoms with E-state index in [0.29, 0.717) is 0 Å². The molecule has 4 heteroatoms. The van der Waals surface area contributed by atoms with E-state index in [1.807, 2.05) is 18.2 Å². The molecule has 164 valence electrons. The van der Waals surface area contributed by atoms with Gasteiger partial charge in [-0.1, -0.05) is 48.0 Å². The van der Waals surface area contributed by atoms with E-state index in [1.54, 1.807) is 0 Å². The quantitative estimate of drug-likeness (QED) is 0.407. The van der Waals surface area contributed by atoms with Gasteiger partial charge in [0.15, 0.2) is 5.78 Å². The van der Waals surface area contributed by atoms with Crippen molar-refractivity contribution in [2.45, 2.75) is 27.3 Å². The molecule has 0 radical (unpaired) electrons. The molecular formula is C28H30N2O2. The van der Waals surface area contributed by atoms with Gasteiger partial charge in [0.05, 0.1) is 18.8 Å². The number of hydrogen-bond acceptors (Lipinski definition) is 3. The lowest BCUT2D eigenvalue weighted by Crippen LogP contribution is -2.38. The lowest BCUT2D eigenvalue weighted by molar-refractivity contribution is 0.0365. The SMILES string of the molecule is Cc1ccc2c(c1)c(C(=O)c1ccc(C)c3ccccc13)c(C)n2CCN1CCOCC1. The van der Waals surface area contributed by atoms with Crippen LogP contribution in [0.5, 0.6) is 0 Å². The Balaban J connectivity index is 1.61. The highest BCUT2D eigenvalue weighted by Gasteiger charge is 2.23. The fourth-order valence-electron chi connectivity index (χ4n) is 5.02. The molecule has 2 heterocycles. The molecule has 0 saturated carbocycles. The minimum Gasteiger partial charge on any atom is -0.379 e. The highest BCUT2D eigenvalue weighted by Crippen LogP contribution is 2.32. The summed E-state index contributed by atoms with van der Waals surface area (Å²) in [5.41, 5.74) is 6.17. The van der Waals surface area contributed by atoms with E-state index in [2.05, 4.69) is 66.6 Å². The molecule has 0 bridgehead atoms. The normalized spacial score (nSPS) is 15.0. The first-order valence-corrected chi connectivity index (χ1v) is 11.5. The van der Waals surface area contributed by atoms with Crippen LogP contribution in [0.1, 0.15) is 32.7 Å². The summed E-state index contributed by atoms with van der Waals surface area (Å²) in [4.78, 5) is 16.4. The van der Waals surface area contributed by atoms with Gasteiger partial charge in [0.2, 0.25) is 0 Å². The van der Waals surface area contributed by atoms with Crippen molar-refractivity contribution in [1.29, 1.82) is 0 Å². The van der Waals surface area contributed by atoms with Gasteiger partial charge in [0.1, 0.15) is 0 Å². The first-order valence-electron chi connectivity index (χ1n) is 11.5. The van der Waals surface area contributed by atoms with Crippen molar-refractivity contribution in [3.63, 3.8) is 0 Å². The van der Waals surface area contributed by atoms with E-state index in [-0.39, 0.29) is 5.78 Å². The molecule has 1 saturated heterocycles. The molecule has 1 aliphatic heterocycles. The van der Waals surface area contributed by atoms with Crippen LogP contribution in [0.25, 0.3) is 21.7 Å². The number of hydrogen-bond donors (Lipinski definition) is 0. The van der Waals surface area contributed by atoms with Crippen molar-refractivity contribution >= 4 is 27.5 Å². The molecule has 5 rings (SSSR count). The summed E-state index contributed by atoms with van der Waals surface area (Å²) in [6, 6.07) is 18.7. The van der Waals surface area contributed by atoms with Gasteiger partial charge in [-0.05, 0) is 49.2 Å². The van der Waals surface area contributed by atoms with Gasteiger partial charge in [-0.15, -0.1) is 0 Å². The molecule has 1 fully saturated rings. The second-order valence-corrected chi connectivity index (χ2v) is 8.89. The van der Waals surface area contributed by atoms with Crippen molar-refractivity contribution in [3.8, 4) is 0 Å². The van der Waals surface area contributed by atoms with Crippen LogP contribution in [0.2, 0.25) is 0 Å². The van der Waals surface area contributed by atoms with Gasteiger partial charge in [0.25, 0.3) is 0 Å². The summed E-state index contributed by atoms with van der Waals surface area (Å²) >= 11 is 0. The molecule has 0 spiro atoms. The fourth-order valence-corrected chi connectivity index (χ4v) is 5.02. The van der Waals surface area contributed by atoms with E-state index in [9.17, 15) is 4.79 Å². The average Bonchev–Trinajstić information content (AvgIpc) is 3.08. The predicted octanol–water partition coefficient (Wildman–Crippen LogP) is 5.28. The summed E-state index contributed by atoms with van der Waals surface area (Å²) in [5, 5.41) is 3.22. The zero-order chi connectivity index (χ0) is 22.2. The maximum absolute atomic E-state index is 14.0. The number of fused-ring (bicyclic) bond motifs is 2. The minimum absolute atomic E-state index is 0.111. The summed E-state index contributed by atoms with van der Waals surface area (Å²) < 4.78 is 7.82. The molecule has 0 amide bonds. The Labute approximate surface area is 189 Å². The molecule has 32 heavy (non-hydrogen) atoms. The Morgan fingerprint density at radius 2 is 1.62 bits per heavy atom. The van der Waals surface area contributed by atoms with Crippen molar-refractivity contribution in [2.75, 3.05) is 32.8 Å². The van der Waals surface area contributed by atoms with Crippen LogP contribution >= 0.6 is 0 Å². The number of nitrogens with zero attached hydrogens (tertiary/aromatic N) is 2. The molecule has 4 nitrogen and oxygen atoms in total. The number of aromatic nitrogens is 1. The van der Waals surface area contributed by atoms with Crippen LogP contribution in [-0.2, 0) is 11.3 Å². The molecule has 0 atom stereocenters. The number of ether oxygens (including phenoxy) is 1. The molecule has 4 aromatic rings. The van der Waals surface area contributed by atoms with Crippen molar-refractivity contribution < 1.29 is 9.53 Å². The average molecular weight is 427 g/mol. The predicted molar refractivity (Wildman–Crippen MR) is 131 cm³/mol. The van der Waals surface area contributed by atoms with Gasteiger partial charge in [-0.3, -0.25) is 9.69 Å². The third kappa shape index (κ3) is 3.64. The zero-order valence-corrected chi connectivity index (χ0v) is 19.1. The van der Waals surface area contributed by atoms with Gasteiger partial charge in [0, 0.05) is 48.3 Å². The Bertz CT molecular complexity index is 1310. The first kappa shape index (κ1) is 20.9. The molecule has 0 N–H and O–H groups in total. The number of aryl methyl sites for hydroxylation is 2. The third-order valence-electron chi connectivity index (χ3n) is 6.84. The number of carbonyl (C=O) groups excluding carboxylic acids is 1. The first-order chi connectivity index (χ1) is 15.5. The lowest BCUT2D eigenvalue weighted by Gasteiger charge is -2.27. The molecule has 3 aromatic carbocycles. The van der Waals surface area contributed by atoms with E-state index in [4.69, 9.17) is 4.74 Å². The Kier molecular flexibility index (Phi) is 5.58. The van der Waals surface area contributed by atoms with Crippen LogP contribution in [0, 0.1) is 20.8 Å². The topological polar surface area (TPSA) is 34.5 Å². The van der Waals surface area contributed by atoms with E-state index in [0.717, 1.165) is 77.9 Å². The smallest absolute Gasteiger partial charge is 0.196 e. The second-order valence-electron chi connectivity index (χ2n) is 8.89. The van der Waals surface area contributed by atoms with Gasteiger partial charge in [-0.25, -0.2) is 0 Å². The maximum Gasteiger partial charge on any atom is 0.196 e. The molecule has 0 unspecified atom stereocenters. The third-order valence-corrected chi connectivity index (χ3v) is 6.84. The van der Waals surface area contributed by atoms with Crippen molar-refractivity contribution in [1.82, 2.24) is 9.47 Å². The zero-order valence-electron chi connectivity index (χ0n) is 19.1. The summed E-state index contributed by atoms with van der Waals surface area (Å²) in [7, 11) is 0. The highest BCUT2D eigenvalue weighted by molar-refractivity contribution is 6.22. The van der Waals surface area contributed by atoms with Crippen LogP contribution in [-0.4, -0.2) is 48.1 Å². The molecule has 0 aliphatic carbocycles. The lowest BCUT2D eigenvalue weighted by atomic mass is 9.93. The number of rotatable bonds is 5. The summed E-state index contributed by atoms with van der Waals surface area (Å²) in [6.07, 6.45) is 0. The van der Waals surface area contributed by atoms with Crippen LogP contribution in [0.4, 0.5) is 0 Å². The van der Waals surface area contributed by atoms with E-state index in [1.165, 1.54) is 11.1 Å². The Morgan fingerprint density at radius 3 is 2.41 bits per heavy atom. The summed E-state index contributed by atoms with van der Waals surface area (Å²) in [6.45, 7) is 11.7.